The minimum Gasteiger partial charge on any atom is -0.468 e. The van der Waals surface area contributed by atoms with Gasteiger partial charge < -0.3 is 9.73 Å². The first-order valence-electron chi connectivity index (χ1n) is 5.81. The first-order valence-corrected chi connectivity index (χ1v) is 6.63. The number of rotatable bonds is 4. The molecule has 0 saturated carbocycles. The third-order valence-corrected chi connectivity index (χ3v) is 4.06. The second kappa shape index (κ2) is 5.02. The van der Waals surface area contributed by atoms with Crippen LogP contribution in [0, 0.1) is 13.8 Å². The van der Waals surface area contributed by atoms with Gasteiger partial charge in [0.25, 0.3) is 0 Å². The van der Waals surface area contributed by atoms with Gasteiger partial charge >= 0.3 is 0 Å². The Morgan fingerprint density at radius 3 is 2.59 bits per heavy atom. The van der Waals surface area contributed by atoms with Crippen LogP contribution in [-0.4, -0.2) is 4.98 Å². The second-order valence-corrected chi connectivity index (χ2v) is 5.54. The highest BCUT2D eigenvalue weighted by Gasteiger charge is 2.16. The molecule has 2 aromatic rings. The number of hydrogen-bond acceptors (Lipinski definition) is 4. The van der Waals surface area contributed by atoms with Crippen LogP contribution in [0.5, 0.6) is 0 Å². The molecular weight excluding hydrogens is 232 g/mol. The standard InChI is InChI=1S/C13H18N2OS/c1-8(12-6-5-7-16-12)14-9(2)13-10(3)15-11(4)17-13/h5-9,14H,1-4H3/t8-,9?/m0/s1. The lowest BCUT2D eigenvalue weighted by atomic mass is 10.2. The number of hydrogen-bond donors (Lipinski definition) is 1. The Morgan fingerprint density at radius 1 is 1.29 bits per heavy atom. The Bertz CT molecular complexity index is 476. The van der Waals surface area contributed by atoms with E-state index in [1.54, 1.807) is 17.6 Å². The van der Waals surface area contributed by atoms with E-state index in [4.69, 9.17) is 4.42 Å². The van der Waals surface area contributed by atoms with Gasteiger partial charge in [-0.15, -0.1) is 11.3 Å². The number of furan rings is 1. The summed E-state index contributed by atoms with van der Waals surface area (Å²) >= 11 is 1.76. The van der Waals surface area contributed by atoms with Crippen molar-refractivity contribution < 1.29 is 4.42 Å². The molecule has 92 valence electrons. The lowest BCUT2D eigenvalue weighted by molar-refractivity contribution is 0.404. The molecule has 0 aromatic carbocycles. The molecule has 2 atom stereocenters. The van der Waals surface area contributed by atoms with Crippen molar-refractivity contribution in [3.63, 3.8) is 0 Å². The largest absolute Gasteiger partial charge is 0.468 e. The van der Waals surface area contributed by atoms with Crippen molar-refractivity contribution in [3.8, 4) is 0 Å². The van der Waals surface area contributed by atoms with Crippen LogP contribution in [0.15, 0.2) is 22.8 Å². The van der Waals surface area contributed by atoms with Crippen LogP contribution in [0.2, 0.25) is 0 Å². The molecule has 2 rings (SSSR count). The van der Waals surface area contributed by atoms with Crippen LogP contribution in [0.1, 0.15) is 47.3 Å². The first-order chi connectivity index (χ1) is 8.08. The predicted molar refractivity (Wildman–Crippen MR) is 70.3 cm³/mol. The maximum atomic E-state index is 5.39. The molecule has 0 spiro atoms. The maximum absolute atomic E-state index is 5.39. The van der Waals surface area contributed by atoms with E-state index in [9.17, 15) is 0 Å². The van der Waals surface area contributed by atoms with Crippen LogP contribution in [0.3, 0.4) is 0 Å². The minimum atomic E-state index is 0.210. The summed E-state index contributed by atoms with van der Waals surface area (Å²) in [5.41, 5.74) is 1.12. The summed E-state index contributed by atoms with van der Waals surface area (Å²) in [7, 11) is 0. The Kier molecular flexibility index (Phi) is 3.64. The molecule has 0 amide bonds. The normalized spacial score (nSPS) is 14.8. The Morgan fingerprint density at radius 2 is 2.06 bits per heavy atom. The average Bonchev–Trinajstić information content (AvgIpc) is 2.87. The van der Waals surface area contributed by atoms with E-state index in [-0.39, 0.29) is 6.04 Å². The van der Waals surface area contributed by atoms with E-state index in [2.05, 4.69) is 31.1 Å². The Hall–Kier alpha value is -1.13. The van der Waals surface area contributed by atoms with Crippen LogP contribution in [0.25, 0.3) is 0 Å². The molecule has 1 N–H and O–H groups in total. The van der Waals surface area contributed by atoms with E-state index in [0.717, 1.165) is 16.5 Å². The van der Waals surface area contributed by atoms with Crippen molar-refractivity contribution in [2.24, 2.45) is 0 Å². The van der Waals surface area contributed by atoms with Crippen molar-refractivity contribution in [2.75, 3.05) is 0 Å². The fraction of sp³-hybridized carbons (Fsp3) is 0.462. The van der Waals surface area contributed by atoms with Crippen molar-refractivity contribution in [3.05, 3.63) is 39.7 Å². The molecule has 17 heavy (non-hydrogen) atoms. The van der Waals surface area contributed by atoms with Crippen LogP contribution in [-0.2, 0) is 0 Å². The molecular formula is C13H18N2OS. The summed E-state index contributed by atoms with van der Waals surface area (Å²) in [4.78, 5) is 5.76. The van der Waals surface area contributed by atoms with E-state index >= 15 is 0 Å². The van der Waals surface area contributed by atoms with Gasteiger partial charge in [-0.2, -0.15) is 0 Å². The highest BCUT2D eigenvalue weighted by molar-refractivity contribution is 7.11. The van der Waals surface area contributed by atoms with Gasteiger partial charge in [0.1, 0.15) is 5.76 Å². The number of nitrogens with one attached hydrogen (secondary N) is 1. The van der Waals surface area contributed by atoms with Crippen LogP contribution < -0.4 is 5.32 Å². The number of thiazole rings is 1. The van der Waals surface area contributed by atoms with Gasteiger partial charge in [0.2, 0.25) is 0 Å². The highest BCUT2D eigenvalue weighted by atomic mass is 32.1. The van der Waals surface area contributed by atoms with Crippen molar-refractivity contribution in [1.82, 2.24) is 10.3 Å². The molecule has 1 unspecified atom stereocenters. The molecule has 3 nitrogen and oxygen atoms in total. The first kappa shape index (κ1) is 12.3. The van der Waals surface area contributed by atoms with Gasteiger partial charge in [0.15, 0.2) is 0 Å². The molecule has 0 aliphatic carbocycles. The SMILES string of the molecule is Cc1nc(C)c(C(C)N[C@@H](C)c2ccco2)s1. The van der Waals surface area contributed by atoms with Gasteiger partial charge in [-0.25, -0.2) is 4.98 Å². The monoisotopic (exact) mass is 250 g/mol. The number of nitrogens with zero attached hydrogens (tertiary/aromatic N) is 1. The summed E-state index contributed by atoms with van der Waals surface area (Å²) in [6, 6.07) is 4.42. The Labute approximate surface area is 106 Å². The molecule has 2 aromatic heterocycles. The molecule has 0 bridgehead atoms. The lowest BCUT2D eigenvalue weighted by Crippen LogP contribution is -2.21. The summed E-state index contributed by atoms with van der Waals surface area (Å²) in [6.07, 6.45) is 1.71. The van der Waals surface area contributed by atoms with Gasteiger partial charge in [-0.05, 0) is 39.8 Å². The zero-order valence-corrected chi connectivity index (χ0v) is 11.5. The fourth-order valence-electron chi connectivity index (χ4n) is 2.02. The van der Waals surface area contributed by atoms with Gasteiger partial charge in [0.05, 0.1) is 23.0 Å². The summed E-state index contributed by atoms with van der Waals surface area (Å²) < 4.78 is 5.39. The van der Waals surface area contributed by atoms with Crippen LogP contribution in [0.4, 0.5) is 0 Å². The van der Waals surface area contributed by atoms with Crippen LogP contribution >= 0.6 is 11.3 Å². The third-order valence-electron chi connectivity index (χ3n) is 2.80. The van der Waals surface area contributed by atoms with Gasteiger partial charge in [-0.3, -0.25) is 0 Å². The summed E-state index contributed by atoms with van der Waals surface area (Å²) in [5.74, 6) is 0.968. The number of aromatic nitrogens is 1. The molecule has 0 aliphatic rings. The zero-order valence-electron chi connectivity index (χ0n) is 10.7. The Balaban J connectivity index is 2.06. The topological polar surface area (TPSA) is 38.1 Å². The number of aryl methyl sites for hydroxylation is 2. The molecule has 4 heteroatoms. The smallest absolute Gasteiger partial charge is 0.120 e. The fourth-order valence-corrected chi connectivity index (χ4v) is 2.96. The molecule has 2 heterocycles. The van der Waals surface area contributed by atoms with Gasteiger partial charge in [0, 0.05) is 10.9 Å². The van der Waals surface area contributed by atoms with E-state index < -0.39 is 0 Å². The van der Waals surface area contributed by atoms with E-state index in [1.165, 1.54) is 4.88 Å². The third kappa shape index (κ3) is 2.76. The average molecular weight is 250 g/mol. The van der Waals surface area contributed by atoms with E-state index in [1.807, 2.05) is 19.1 Å². The van der Waals surface area contributed by atoms with Crippen molar-refractivity contribution >= 4 is 11.3 Å². The molecule has 0 radical (unpaired) electrons. The second-order valence-electron chi connectivity index (χ2n) is 4.31. The highest BCUT2D eigenvalue weighted by Crippen LogP contribution is 2.26. The quantitative estimate of drug-likeness (QED) is 0.897. The molecule has 0 aliphatic heterocycles. The summed E-state index contributed by atoms with van der Waals surface area (Å²) in [5, 5.41) is 4.65. The maximum Gasteiger partial charge on any atom is 0.120 e. The lowest BCUT2D eigenvalue weighted by Gasteiger charge is -2.17. The molecule has 0 saturated heterocycles. The summed E-state index contributed by atoms with van der Waals surface area (Å²) in [6.45, 7) is 8.39. The molecule has 0 fully saturated rings. The zero-order chi connectivity index (χ0) is 12.4. The van der Waals surface area contributed by atoms with Crippen molar-refractivity contribution in [1.29, 1.82) is 0 Å². The van der Waals surface area contributed by atoms with E-state index in [0.29, 0.717) is 6.04 Å². The van der Waals surface area contributed by atoms with Crippen molar-refractivity contribution in [2.45, 2.75) is 39.8 Å². The minimum absolute atomic E-state index is 0.210. The predicted octanol–water partition coefficient (Wildman–Crippen LogP) is 3.76. The van der Waals surface area contributed by atoms with Gasteiger partial charge in [-0.1, -0.05) is 0 Å².